The van der Waals surface area contributed by atoms with Gasteiger partial charge in [-0.15, -0.1) is 0 Å². The molecule has 0 N–H and O–H groups in total. The van der Waals surface area contributed by atoms with Crippen LogP contribution in [0.1, 0.15) is 76.5 Å². The third-order valence-electron chi connectivity index (χ3n) is 5.19. The van der Waals surface area contributed by atoms with Crippen molar-refractivity contribution in [1.82, 2.24) is 0 Å². The first-order valence-electron chi connectivity index (χ1n) is 10.3. The maximum Gasteiger partial charge on any atom is 0.338 e. The summed E-state index contributed by atoms with van der Waals surface area (Å²) < 4.78 is 5.30. The van der Waals surface area contributed by atoms with E-state index in [2.05, 4.69) is 6.92 Å². The molecule has 2 aromatic rings. The Balaban J connectivity index is 1.68. The van der Waals surface area contributed by atoms with E-state index in [1.807, 2.05) is 0 Å². The van der Waals surface area contributed by atoms with Gasteiger partial charge in [-0.25, -0.2) is 9.69 Å². The van der Waals surface area contributed by atoms with E-state index in [1.165, 1.54) is 43.5 Å². The topological polar surface area (TPSA) is 63.7 Å². The van der Waals surface area contributed by atoms with Gasteiger partial charge in [0.15, 0.2) is 0 Å². The minimum absolute atomic E-state index is 0.0939. The highest BCUT2D eigenvalue weighted by molar-refractivity contribution is 6.56. The van der Waals surface area contributed by atoms with E-state index < -0.39 is 17.8 Å². The van der Waals surface area contributed by atoms with Gasteiger partial charge in [-0.05, 0) is 30.7 Å². The predicted molar refractivity (Wildman–Crippen MR) is 128 cm³/mol. The average molecular weight is 517 g/mol. The molecular weight excluding hydrogens is 496 g/mol. The van der Waals surface area contributed by atoms with E-state index in [0.29, 0.717) is 12.2 Å². The van der Waals surface area contributed by atoms with Crippen molar-refractivity contribution in [1.29, 1.82) is 0 Å². The second-order valence-electron chi connectivity index (χ2n) is 7.40. The Kier molecular flexibility index (Phi) is 8.45. The van der Waals surface area contributed by atoms with Gasteiger partial charge in [0.25, 0.3) is 11.8 Å². The average Bonchev–Trinajstić information content (AvgIpc) is 3.05. The van der Waals surface area contributed by atoms with Crippen molar-refractivity contribution in [3.63, 3.8) is 0 Å². The van der Waals surface area contributed by atoms with Gasteiger partial charge < -0.3 is 4.74 Å². The standard InChI is InChI=1S/C23H21Cl4NO4/c1-2-3-4-5-6-7-12-32-23(31)13-8-10-14(11-9-13)28-21(29)15-16(22(28)30)18(25)20(27)19(26)17(15)24/h8-11H,2-7,12H2,1H3. The van der Waals surface area contributed by atoms with Crippen LogP contribution in [0.2, 0.25) is 20.1 Å². The Morgan fingerprint density at radius 1 is 0.781 bits per heavy atom. The van der Waals surface area contributed by atoms with E-state index in [-0.39, 0.29) is 36.9 Å². The highest BCUT2D eigenvalue weighted by Gasteiger charge is 2.42. The van der Waals surface area contributed by atoms with Gasteiger partial charge in [0, 0.05) is 0 Å². The zero-order valence-electron chi connectivity index (χ0n) is 17.4. The molecule has 1 heterocycles. The maximum atomic E-state index is 12.9. The van der Waals surface area contributed by atoms with Crippen molar-refractivity contribution in [2.75, 3.05) is 11.5 Å². The molecule has 170 valence electrons. The highest BCUT2D eigenvalue weighted by atomic mass is 35.5. The monoisotopic (exact) mass is 515 g/mol. The van der Waals surface area contributed by atoms with Crippen LogP contribution in [-0.2, 0) is 4.74 Å². The fourth-order valence-corrected chi connectivity index (χ4v) is 4.48. The van der Waals surface area contributed by atoms with E-state index in [0.717, 1.165) is 24.2 Å². The van der Waals surface area contributed by atoms with Crippen LogP contribution in [0.25, 0.3) is 0 Å². The number of rotatable bonds is 9. The third kappa shape index (κ3) is 4.91. The molecule has 0 saturated heterocycles. The molecule has 0 saturated carbocycles. The van der Waals surface area contributed by atoms with E-state index >= 15 is 0 Å². The van der Waals surface area contributed by atoms with Crippen molar-refractivity contribution in [3.8, 4) is 0 Å². The van der Waals surface area contributed by atoms with Crippen LogP contribution in [0.3, 0.4) is 0 Å². The molecular formula is C23H21Cl4NO4. The lowest BCUT2D eigenvalue weighted by Crippen LogP contribution is -2.29. The number of nitrogens with zero attached hydrogens (tertiary/aromatic N) is 1. The Labute approximate surface area is 206 Å². The Morgan fingerprint density at radius 3 is 1.81 bits per heavy atom. The lowest BCUT2D eigenvalue weighted by Gasteiger charge is -2.14. The lowest BCUT2D eigenvalue weighted by atomic mass is 10.1. The summed E-state index contributed by atoms with van der Waals surface area (Å²) in [6.45, 7) is 2.51. The van der Waals surface area contributed by atoms with Gasteiger partial charge in [0.05, 0.1) is 49.1 Å². The molecule has 1 aliphatic rings. The summed E-state index contributed by atoms with van der Waals surface area (Å²) in [4.78, 5) is 39.0. The summed E-state index contributed by atoms with van der Waals surface area (Å²) in [6.07, 6.45) is 6.56. The molecule has 3 rings (SSSR count). The van der Waals surface area contributed by atoms with Crippen molar-refractivity contribution >= 4 is 69.9 Å². The first kappa shape index (κ1) is 24.8. The number of anilines is 1. The quantitative estimate of drug-likeness (QED) is 0.113. The minimum Gasteiger partial charge on any atom is -0.462 e. The van der Waals surface area contributed by atoms with Crippen LogP contribution in [0.4, 0.5) is 5.69 Å². The number of amides is 2. The highest BCUT2D eigenvalue weighted by Crippen LogP contribution is 2.45. The molecule has 0 fully saturated rings. The molecule has 0 atom stereocenters. The summed E-state index contributed by atoms with van der Waals surface area (Å²) >= 11 is 24.4. The van der Waals surface area contributed by atoms with Gasteiger partial charge in [-0.1, -0.05) is 85.4 Å². The van der Waals surface area contributed by atoms with Crippen LogP contribution >= 0.6 is 46.4 Å². The molecule has 0 unspecified atom stereocenters. The number of ether oxygens (including phenoxy) is 1. The molecule has 9 heteroatoms. The molecule has 2 amide bonds. The number of hydrogen-bond acceptors (Lipinski definition) is 4. The molecule has 0 bridgehead atoms. The summed E-state index contributed by atoms with van der Waals surface area (Å²) in [5.74, 6) is -1.81. The molecule has 0 spiro atoms. The lowest BCUT2D eigenvalue weighted by molar-refractivity contribution is 0.0497. The van der Waals surface area contributed by atoms with E-state index in [4.69, 9.17) is 51.1 Å². The molecule has 0 aromatic heterocycles. The van der Waals surface area contributed by atoms with E-state index in [9.17, 15) is 14.4 Å². The number of esters is 1. The fourth-order valence-electron chi connectivity index (χ4n) is 3.46. The first-order chi connectivity index (χ1) is 15.3. The molecule has 5 nitrogen and oxygen atoms in total. The number of imide groups is 1. The van der Waals surface area contributed by atoms with Gasteiger partial charge in [0.2, 0.25) is 0 Å². The number of hydrogen-bond donors (Lipinski definition) is 0. The normalized spacial score (nSPS) is 13.0. The third-order valence-corrected chi connectivity index (χ3v) is 7.00. The number of benzene rings is 2. The number of fused-ring (bicyclic) bond motifs is 1. The smallest absolute Gasteiger partial charge is 0.338 e. The summed E-state index contributed by atoms with van der Waals surface area (Å²) in [5, 5.41) is -0.453. The number of carbonyl (C=O) groups is 3. The fraction of sp³-hybridized carbons (Fsp3) is 0.348. The van der Waals surface area contributed by atoms with Crippen molar-refractivity contribution in [2.45, 2.75) is 45.4 Å². The number of unbranched alkanes of at least 4 members (excludes halogenated alkanes) is 5. The molecule has 1 aliphatic heterocycles. The zero-order chi connectivity index (χ0) is 23.4. The Morgan fingerprint density at radius 2 is 1.28 bits per heavy atom. The molecule has 0 radical (unpaired) electrons. The maximum absolute atomic E-state index is 12.9. The largest absolute Gasteiger partial charge is 0.462 e. The van der Waals surface area contributed by atoms with Gasteiger partial charge in [0.1, 0.15) is 0 Å². The van der Waals surface area contributed by atoms with Crippen LogP contribution in [0, 0.1) is 0 Å². The van der Waals surface area contributed by atoms with Crippen molar-refractivity contribution in [3.05, 3.63) is 61.0 Å². The first-order valence-corrected chi connectivity index (χ1v) is 11.8. The molecule has 2 aromatic carbocycles. The van der Waals surface area contributed by atoms with Crippen LogP contribution in [0.15, 0.2) is 24.3 Å². The molecule has 32 heavy (non-hydrogen) atoms. The zero-order valence-corrected chi connectivity index (χ0v) is 20.4. The summed E-state index contributed by atoms with van der Waals surface area (Å²) in [5.41, 5.74) is 0.374. The second kappa shape index (κ2) is 10.9. The van der Waals surface area contributed by atoms with Gasteiger partial charge in [-0.2, -0.15) is 0 Å². The predicted octanol–water partition coefficient (Wildman–Crippen LogP) is 7.62. The number of halogens is 4. The SMILES string of the molecule is CCCCCCCCOC(=O)c1ccc(N2C(=O)c3c(Cl)c(Cl)c(Cl)c(Cl)c3C2=O)cc1. The Hall–Kier alpha value is -1.79. The Bertz CT molecular complexity index is 1010. The van der Waals surface area contributed by atoms with Crippen molar-refractivity contribution < 1.29 is 19.1 Å². The number of carbonyl (C=O) groups excluding carboxylic acids is 3. The van der Waals surface area contributed by atoms with Crippen molar-refractivity contribution in [2.24, 2.45) is 0 Å². The van der Waals surface area contributed by atoms with Crippen LogP contribution in [-0.4, -0.2) is 24.4 Å². The van der Waals surface area contributed by atoms with Crippen LogP contribution < -0.4 is 4.90 Å². The second-order valence-corrected chi connectivity index (χ2v) is 8.91. The van der Waals surface area contributed by atoms with Crippen LogP contribution in [0.5, 0.6) is 0 Å². The summed E-state index contributed by atoms with van der Waals surface area (Å²) in [7, 11) is 0. The molecule has 0 aliphatic carbocycles. The summed E-state index contributed by atoms with van der Waals surface area (Å²) in [6, 6.07) is 5.94. The van der Waals surface area contributed by atoms with E-state index in [1.54, 1.807) is 0 Å². The minimum atomic E-state index is -0.672. The van der Waals surface area contributed by atoms with Gasteiger partial charge in [-0.3, -0.25) is 9.59 Å². The van der Waals surface area contributed by atoms with Gasteiger partial charge >= 0.3 is 5.97 Å².